The number of amides is 1. The van der Waals surface area contributed by atoms with E-state index in [0.717, 1.165) is 16.0 Å². The number of hydrogen-bond donors (Lipinski definition) is 1. The zero-order valence-corrected chi connectivity index (χ0v) is 14.5. The molecule has 0 spiro atoms. The molecule has 0 aliphatic heterocycles. The fourth-order valence-electron chi connectivity index (χ4n) is 2.45. The number of nitrogens with one attached hydrogen (secondary N) is 1. The number of benzene rings is 1. The van der Waals surface area contributed by atoms with Gasteiger partial charge in [0.1, 0.15) is 6.54 Å². The molecule has 0 fully saturated rings. The van der Waals surface area contributed by atoms with Gasteiger partial charge in [0.2, 0.25) is 5.91 Å². The van der Waals surface area contributed by atoms with Gasteiger partial charge in [0, 0.05) is 37.2 Å². The summed E-state index contributed by atoms with van der Waals surface area (Å²) in [5, 5.41) is 5.40. The van der Waals surface area contributed by atoms with Crippen molar-refractivity contribution in [3.63, 3.8) is 0 Å². The molecule has 1 amide bonds. The van der Waals surface area contributed by atoms with Crippen LogP contribution in [0.5, 0.6) is 0 Å². The molecule has 0 aliphatic carbocycles. The lowest BCUT2D eigenvalue weighted by Crippen LogP contribution is -2.31. The molecule has 0 radical (unpaired) electrons. The average molecular weight is 341 g/mol. The van der Waals surface area contributed by atoms with Gasteiger partial charge in [-0.15, -0.1) is 11.3 Å². The number of rotatable bonds is 5. The number of fused-ring (bicyclic) bond motifs is 1. The molecule has 1 aromatic carbocycles. The van der Waals surface area contributed by atoms with E-state index in [0.29, 0.717) is 11.9 Å². The number of pyridine rings is 1. The maximum absolute atomic E-state index is 12.3. The molecule has 0 saturated carbocycles. The Hall–Kier alpha value is -2.60. The molecule has 0 saturated heterocycles. The van der Waals surface area contributed by atoms with E-state index in [-0.39, 0.29) is 18.0 Å². The first-order chi connectivity index (χ1) is 11.5. The van der Waals surface area contributed by atoms with E-state index in [9.17, 15) is 9.59 Å². The Labute approximate surface area is 144 Å². The molecular weight excluding hydrogens is 322 g/mol. The van der Waals surface area contributed by atoms with Gasteiger partial charge in [-0.25, -0.2) is 0 Å². The van der Waals surface area contributed by atoms with Gasteiger partial charge in [-0.3, -0.25) is 9.59 Å². The first-order valence-electron chi connectivity index (χ1n) is 7.64. The van der Waals surface area contributed by atoms with Crippen molar-refractivity contribution < 1.29 is 4.79 Å². The number of hydrogen-bond acceptors (Lipinski definition) is 4. The van der Waals surface area contributed by atoms with Gasteiger partial charge >= 0.3 is 0 Å². The van der Waals surface area contributed by atoms with Crippen molar-refractivity contribution in [1.82, 2.24) is 9.88 Å². The number of aromatic nitrogens is 1. The first kappa shape index (κ1) is 16.3. The Balaban J connectivity index is 1.62. The summed E-state index contributed by atoms with van der Waals surface area (Å²) in [5.74, 6) is -0.177. The number of carbonyl (C=O) groups excluding carboxylic acids is 1. The molecule has 0 aliphatic rings. The maximum Gasteiger partial charge on any atom is 0.259 e. The normalized spacial score (nSPS) is 10.8. The summed E-state index contributed by atoms with van der Waals surface area (Å²) in [5.41, 5.74) is 2.01. The third kappa shape index (κ3) is 3.49. The summed E-state index contributed by atoms with van der Waals surface area (Å²) in [4.78, 5) is 26.4. The van der Waals surface area contributed by atoms with Gasteiger partial charge in [0.25, 0.3) is 5.56 Å². The molecule has 0 unspecified atom stereocenters. The zero-order chi connectivity index (χ0) is 17.1. The predicted molar refractivity (Wildman–Crippen MR) is 98.7 cm³/mol. The van der Waals surface area contributed by atoms with E-state index in [1.807, 2.05) is 54.7 Å². The van der Waals surface area contributed by atoms with Crippen molar-refractivity contribution in [2.24, 2.45) is 0 Å². The quantitative estimate of drug-likeness (QED) is 0.775. The SMILES string of the molecule is CN(C)c1ccc(CNC(=O)Cn2ccc3sccc3c2=O)cc1. The Morgan fingerprint density at radius 2 is 1.92 bits per heavy atom. The first-order valence-corrected chi connectivity index (χ1v) is 8.52. The summed E-state index contributed by atoms with van der Waals surface area (Å²) in [6.07, 6.45) is 1.67. The summed E-state index contributed by atoms with van der Waals surface area (Å²) in [6, 6.07) is 11.7. The fraction of sp³-hybridized carbons (Fsp3) is 0.222. The molecule has 3 rings (SSSR count). The van der Waals surface area contributed by atoms with Crippen LogP contribution in [0, 0.1) is 0 Å². The minimum atomic E-state index is -0.177. The molecule has 5 nitrogen and oxygen atoms in total. The monoisotopic (exact) mass is 341 g/mol. The minimum Gasteiger partial charge on any atom is -0.378 e. The lowest BCUT2D eigenvalue weighted by atomic mass is 10.2. The third-order valence-corrected chi connectivity index (χ3v) is 4.73. The summed E-state index contributed by atoms with van der Waals surface area (Å²) >= 11 is 1.52. The maximum atomic E-state index is 12.3. The van der Waals surface area contributed by atoms with Crippen LogP contribution in [0.4, 0.5) is 5.69 Å². The van der Waals surface area contributed by atoms with E-state index in [1.54, 1.807) is 12.3 Å². The van der Waals surface area contributed by atoms with E-state index in [1.165, 1.54) is 15.9 Å². The van der Waals surface area contributed by atoms with E-state index in [4.69, 9.17) is 0 Å². The van der Waals surface area contributed by atoms with Gasteiger partial charge in [-0.2, -0.15) is 0 Å². The Morgan fingerprint density at radius 3 is 2.62 bits per heavy atom. The van der Waals surface area contributed by atoms with Crippen molar-refractivity contribution in [1.29, 1.82) is 0 Å². The zero-order valence-electron chi connectivity index (χ0n) is 13.7. The van der Waals surface area contributed by atoms with Gasteiger partial charge in [0.15, 0.2) is 0 Å². The van der Waals surface area contributed by atoms with Crippen LogP contribution in [0.1, 0.15) is 5.56 Å². The number of nitrogens with zero attached hydrogens (tertiary/aromatic N) is 2. The topological polar surface area (TPSA) is 54.3 Å². The highest BCUT2D eigenvalue weighted by molar-refractivity contribution is 7.17. The van der Waals surface area contributed by atoms with Crippen LogP contribution < -0.4 is 15.8 Å². The summed E-state index contributed by atoms with van der Waals surface area (Å²) in [6.45, 7) is 0.475. The second-order valence-corrected chi connectivity index (χ2v) is 6.73. The summed E-state index contributed by atoms with van der Waals surface area (Å²) < 4.78 is 2.39. The van der Waals surface area contributed by atoms with Crippen LogP contribution >= 0.6 is 11.3 Å². The highest BCUT2D eigenvalue weighted by Gasteiger charge is 2.08. The smallest absolute Gasteiger partial charge is 0.259 e. The number of thiophene rings is 1. The molecule has 1 N–H and O–H groups in total. The van der Waals surface area contributed by atoms with Crippen LogP contribution in [-0.4, -0.2) is 24.6 Å². The Kier molecular flexibility index (Phi) is 4.66. The lowest BCUT2D eigenvalue weighted by Gasteiger charge is -2.13. The van der Waals surface area contributed by atoms with Crippen molar-refractivity contribution in [3.8, 4) is 0 Å². The van der Waals surface area contributed by atoms with Crippen LogP contribution in [0.15, 0.2) is 52.8 Å². The van der Waals surface area contributed by atoms with E-state index < -0.39 is 0 Å². The highest BCUT2D eigenvalue weighted by Crippen LogP contribution is 2.16. The molecular formula is C18H19N3O2S. The average Bonchev–Trinajstić information content (AvgIpc) is 3.05. The van der Waals surface area contributed by atoms with Crippen LogP contribution in [0.2, 0.25) is 0 Å². The van der Waals surface area contributed by atoms with Crippen molar-refractivity contribution in [3.05, 3.63) is 63.9 Å². The second kappa shape index (κ2) is 6.88. The second-order valence-electron chi connectivity index (χ2n) is 5.78. The fourth-order valence-corrected chi connectivity index (χ4v) is 3.23. The van der Waals surface area contributed by atoms with Gasteiger partial charge in [-0.1, -0.05) is 12.1 Å². The predicted octanol–water partition coefficient (Wildman–Crippen LogP) is 2.45. The Bertz CT molecular complexity index is 910. The minimum absolute atomic E-state index is 0.0282. The molecule has 24 heavy (non-hydrogen) atoms. The molecule has 0 bridgehead atoms. The highest BCUT2D eigenvalue weighted by atomic mass is 32.1. The molecule has 2 aromatic heterocycles. The lowest BCUT2D eigenvalue weighted by molar-refractivity contribution is -0.121. The molecule has 2 heterocycles. The largest absolute Gasteiger partial charge is 0.378 e. The van der Waals surface area contributed by atoms with E-state index in [2.05, 4.69) is 5.32 Å². The molecule has 0 atom stereocenters. The van der Waals surface area contributed by atoms with Gasteiger partial charge in [-0.05, 0) is 35.2 Å². The summed E-state index contributed by atoms with van der Waals surface area (Å²) in [7, 11) is 3.97. The van der Waals surface area contributed by atoms with Crippen molar-refractivity contribution in [2.45, 2.75) is 13.1 Å². The van der Waals surface area contributed by atoms with Crippen LogP contribution in [-0.2, 0) is 17.9 Å². The Morgan fingerprint density at radius 1 is 1.17 bits per heavy atom. The van der Waals surface area contributed by atoms with Crippen LogP contribution in [0.25, 0.3) is 10.1 Å². The van der Waals surface area contributed by atoms with Gasteiger partial charge < -0.3 is 14.8 Å². The van der Waals surface area contributed by atoms with Crippen molar-refractivity contribution >= 4 is 33.0 Å². The van der Waals surface area contributed by atoms with Crippen LogP contribution in [0.3, 0.4) is 0 Å². The third-order valence-electron chi connectivity index (χ3n) is 3.85. The van der Waals surface area contributed by atoms with Crippen molar-refractivity contribution in [2.75, 3.05) is 19.0 Å². The number of carbonyl (C=O) groups is 1. The molecule has 3 aromatic rings. The molecule has 124 valence electrons. The van der Waals surface area contributed by atoms with E-state index >= 15 is 0 Å². The number of anilines is 1. The standard InChI is InChI=1S/C18H19N3O2S/c1-20(2)14-5-3-13(4-6-14)11-19-17(22)12-21-9-7-16-15(18(21)23)8-10-24-16/h3-10H,11-12H2,1-2H3,(H,19,22). The van der Waals surface area contributed by atoms with Gasteiger partial charge in [0.05, 0.1) is 5.39 Å². The molecule has 6 heteroatoms.